The number of fused-ring (bicyclic) bond motifs is 4. The fourth-order valence-corrected chi connectivity index (χ4v) is 9.83. The Morgan fingerprint density at radius 1 is 1.00 bits per heavy atom. The van der Waals surface area contributed by atoms with E-state index in [1.165, 1.54) is 7.11 Å². The number of pyridine rings is 2. The maximum absolute atomic E-state index is 14.8. The second-order valence-electron chi connectivity index (χ2n) is 16.3. The van der Waals surface area contributed by atoms with Gasteiger partial charge in [-0.1, -0.05) is 54.1 Å². The molecule has 2 saturated heterocycles. The number of ether oxygens (including phenoxy) is 3. The molecule has 9 rings (SSSR count). The number of Topliss-reactive ketones (excluding diaryl/α,β-unsaturated/α-hetero) is 1. The van der Waals surface area contributed by atoms with Crippen molar-refractivity contribution in [2.24, 2.45) is 11.3 Å². The van der Waals surface area contributed by atoms with Gasteiger partial charge in [0.15, 0.2) is 6.61 Å². The Morgan fingerprint density at radius 2 is 1.77 bits per heavy atom. The van der Waals surface area contributed by atoms with Gasteiger partial charge in [-0.25, -0.2) is 4.98 Å². The van der Waals surface area contributed by atoms with Gasteiger partial charge in [0.05, 0.1) is 23.2 Å². The van der Waals surface area contributed by atoms with Gasteiger partial charge in [-0.3, -0.25) is 14.5 Å². The van der Waals surface area contributed by atoms with Gasteiger partial charge in [0.2, 0.25) is 17.6 Å². The Labute approximate surface area is 350 Å². The molecule has 2 saturated carbocycles. The number of carboxylic acids is 1. The number of piperidine rings is 2. The number of ketones is 1. The third kappa shape index (κ3) is 8.27. The van der Waals surface area contributed by atoms with Crippen molar-refractivity contribution >= 4 is 23.4 Å². The largest absolute Gasteiger partial charge is 0.481 e. The van der Waals surface area contributed by atoms with Gasteiger partial charge in [0.25, 0.3) is 0 Å². The standard InChI is InChI=1S/C45H45ClF3N5O6/c1-58-40-28(24-54-25-44(43(56)57)16-14-29(54)15-17-44)21-36(45(47,48)49)42(53-40)60-38-13-11-32-31(4-2-5-33(32)38)34-6-3-7-35(39(34)46)37-12-9-27(41(52-37)59-19-18-50)23-51-22-26-8-10-30(55)20-26/h2-7,9,12,21,26,29,38,51H,8,10-11,13-17,19-20,22-25H2,1H3,(H,56,57)/t26-,29?,38+,44?/m1/s1. The Kier molecular flexibility index (Phi) is 11.8. The summed E-state index contributed by atoms with van der Waals surface area (Å²) in [4.78, 5) is 34.9. The Balaban J connectivity index is 1.04. The molecule has 2 N–H and O–H groups in total. The fraction of sp³-hybridized carbons (Fsp3) is 0.444. The number of nitrogens with one attached hydrogen (secondary N) is 1. The summed E-state index contributed by atoms with van der Waals surface area (Å²) in [5.74, 6) is -0.575. The number of benzene rings is 2. The van der Waals surface area contributed by atoms with E-state index in [9.17, 15) is 33.1 Å². The number of carboxylic acid groups (broad SMARTS) is 1. The van der Waals surface area contributed by atoms with Crippen LogP contribution in [0.3, 0.4) is 0 Å². The zero-order chi connectivity index (χ0) is 42.2. The molecule has 15 heteroatoms. The number of carbonyl (C=O) groups is 2. The smallest absolute Gasteiger partial charge is 0.421 e. The highest BCUT2D eigenvalue weighted by Crippen LogP contribution is 2.48. The van der Waals surface area contributed by atoms with Crippen molar-refractivity contribution in [1.82, 2.24) is 20.2 Å². The van der Waals surface area contributed by atoms with Crippen LogP contribution in [-0.4, -0.2) is 64.6 Å². The Bertz CT molecular complexity index is 2340. The van der Waals surface area contributed by atoms with Gasteiger partial charge in [-0.15, -0.1) is 0 Å². The molecular formula is C45H45ClF3N5O6. The normalized spacial score (nSPS) is 22.4. The summed E-state index contributed by atoms with van der Waals surface area (Å²) < 4.78 is 61.7. The van der Waals surface area contributed by atoms with E-state index >= 15 is 0 Å². The molecular weight excluding hydrogens is 799 g/mol. The minimum atomic E-state index is -4.79. The van der Waals surface area contributed by atoms with Gasteiger partial charge in [0.1, 0.15) is 23.5 Å². The zero-order valence-electron chi connectivity index (χ0n) is 33.1. The van der Waals surface area contributed by atoms with Crippen molar-refractivity contribution in [3.63, 3.8) is 0 Å². The predicted molar refractivity (Wildman–Crippen MR) is 215 cm³/mol. The minimum absolute atomic E-state index is 0.000224. The van der Waals surface area contributed by atoms with Crippen LogP contribution in [0.15, 0.2) is 54.6 Å². The van der Waals surface area contributed by atoms with Crippen LogP contribution in [0.2, 0.25) is 5.02 Å². The topological polar surface area (TPSA) is 147 Å². The van der Waals surface area contributed by atoms with Crippen LogP contribution in [-0.2, 0) is 35.3 Å². The van der Waals surface area contributed by atoms with Crippen molar-refractivity contribution in [2.75, 3.05) is 26.8 Å². The van der Waals surface area contributed by atoms with E-state index in [1.807, 2.05) is 59.5 Å². The number of carbonyl (C=O) groups excluding carboxylic acids is 1. The molecule has 2 aliphatic heterocycles. The number of nitrogens with zero attached hydrogens (tertiary/aromatic N) is 4. The van der Waals surface area contributed by atoms with E-state index in [1.54, 1.807) is 0 Å². The lowest BCUT2D eigenvalue weighted by Gasteiger charge is -2.50. The number of hydrogen-bond donors (Lipinski definition) is 2. The summed E-state index contributed by atoms with van der Waals surface area (Å²) in [7, 11) is 1.35. The second-order valence-corrected chi connectivity index (χ2v) is 16.7. The first-order chi connectivity index (χ1) is 28.9. The first-order valence-electron chi connectivity index (χ1n) is 20.3. The average Bonchev–Trinajstić information content (AvgIpc) is 3.86. The molecule has 60 heavy (non-hydrogen) atoms. The van der Waals surface area contributed by atoms with Crippen molar-refractivity contribution in [3.8, 4) is 46.1 Å². The molecule has 314 valence electrons. The number of rotatable bonds is 14. The molecule has 0 amide bonds. The quantitative estimate of drug-likeness (QED) is 0.126. The van der Waals surface area contributed by atoms with Crippen molar-refractivity contribution in [2.45, 2.75) is 89.2 Å². The summed E-state index contributed by atoms with van der Waals surface area (Å²) in [5.41, 5.74) is 3.35. The van der Waals surface area contributed by atoms with E-state index in [2.05, 4.69) is 10.3 Å². The summed E-state index contributed by atoms with van der Waals surface area (Å²) in [5, 5.41) is 23.0. The molecule has 0 unspecified atom stereocenters. The van der Waals surface area contributed by atoms with Gasteiger partial charge >= 0.3 is 12.1 Å². The molecule has 2 aromatic carbocycles. The van der Waals surface area contributed by atoms with Gasteiger partial charge in [-0.05, 0) is 86.2 Å². The lowest BCUT2D eigenvalue weighted by molar-refractivity contribution is -0.160. The molecule has 2 aromatic heterocycles. The van der Waals surface area contributed by atoms with Crippen LogP contribution in [0.5, 0.6) is 17.6 Å². The summed E-state index contributed by atoms with van der Waals surface area (Å²) >= 11 is 7.16. The van der Waals surface area contributed by atoms with E-state index in [4.69, 9.17) is 30.8 Å². The minimum Gasteiger partial charge on any atom is -0.481 e. The van der Waals surface area contributed by atoms with Crippen LogP contribution >= 0.6 is 11.6 Å². The average molecular weight is 844 g/mol. The van der Waals surface area contributed by atoms with Crippen molar-refractivity contribution in [1.29, 1.82) is 5.26 Å². The third-order valence-corrected chi connectivity index (χ3v) is 13.0. The molecule has 2 bridgehead atoms. The lowest BCUT2D eigenvalue weighted by atomic mass is 9.67. The van der Waals surface area contributed by atoms with Crippen molar-refractivity contribution in [3.05, 3.63) is 87.4 Å². The second kappa shape index (κ2) is 17.0. The molecule has 2 atom stereocenters. The molecule has 4 aromatic rings. The van der Waals surface area contributed by atoms with E-state index < -0.39 is 35.1 Å². The number of halogens is 4. The fourth-order valence-electron chi connectivity index (χ4n) is 9.51. The highest BCUT2D eigenvalue weighted by molar-refractivity contribution is 6.36. The Hall–Kier alpha value is -5.23. The number of aliphatic carboxylic acids is 1. The van der Waals surface area contributed by atoms with Crippen LogP contribution < -0.4 is 19.5 Å². The molecule has 3 aliphatic carbocycles. The summed E-state index contributed by atoms with van der Waals surface area (Å²) in [6, 6.07) is 18.0. The first-order valence-corrected chi connectivity index (χ1v) is 20.7. The molecule has 4 fully saturated rings. The number of aromatic nitrogens is 2. The third-order valence-electron chi connectivity index (χ3n) is 12.6. The highest BCUT2D eigenvalue weighted by atomic mass is 35.5. The van der Waals surface area contributed by atoms with Crippen LogP contribution in [0, 0.1) is 22.7 Å². The molecule has 0 radical (unpaired) electrons. The van der Waals surface area contributed by atoms with Crippen LogP contribution in [0.4, 0.5) is 13.2 Å². The molecule has 0 spiro atoms. The molecule has 5 aliphatic rings. The number of methoxy groups -OCH3 is 1. The van der Waals surface area contributed by atoms with Gasteiger partial charge in [0, 0.05) is 60.8 Å². The van der Waals surface area contributed by atoms with Gasteiger partial charge in [-0.2, -0.15) is 23.4 Å². The highest BCUT2D eigenvalue weighted by Gasteiger charge is 2.50. The van der Waals surface area contributed by atoms with E-state index in [-0.39, 0.29) is 43.0 Å². The summed E-state index contributed by atoms with van der Waals surface area (Å²) in [6.07, 6.45) is -0.118. The van der Waals surface area contributed by atoms with Gasteiger partial charge < -0.3 is 24.6 Å². The van der Waals surface area contributed by atoms with E-state index in [0.717, 1.165) is 34.7 Å². The van der Waals surface area contributed by atoms with E-state index in [0.29, 0.717) is 98.1 Å². The SMILES string of the molecule is COc1nc(O[C@H]2CCc3c(-c4cccc(-c5ccc(CNC[C@@H]6CCC(=O)C6)c(OCC#N)n5)c4Cl)cccc32)c(C(F)(F)F)cc1CN1CC2(C(=O)O)CCC1CC2. The molecule has 11 nitrogen and oxygen atoms in total. The number of hydrogen-bond acceptors (Lipinski definition) is 10. The number of alkyl halides is 3. The van der Waals surface area contributed by atoms with Crippen LogP contribution in [0.1, 0.15) is 85.3 Å². The first kappa shape index (κ1) is 41.5. The monoisotopic (exact) mass is 843 g/mol. The maximum atomic E-state index is 14.8. The maximum Gasteiger partial charge on any atom is 0.421 e. The Morgan fingerprint density at radius 3 is 2.48 bits per heavy atom. The molecule has 4 heterocycles. The lowest BCUT2D eigenvalue weighted by Crippen LogP contribution is -2.56. The summed E-state index contributed by atoms with van der Waals surface area (Å²) in [6.45, 7) is 1.26. The number of nitriles is 1. The van der Waals surface area contributed by atoms with Crippen molar-refractivity contribution < 1.29 is 42.1 Å². The van der Waals surface area contributed by atoms with Crippen LogP contribution in [0.25, 0.3) is 22.4 Å². The predicted octanol–water partition coefficient (Wildman–Crippen LogP) is 8.75. The zero-order valence-corrected chi connectivity index (χ0v) is 33.9.